The summed E-state index contributed by atoms with van der Waals surface area (Å²) in [5, 5.41) is 8.96. The van der Waals surface area contributed by atoms with Gasteiger partial charge in [0.15, 0.2) is 0 Å². The number of nitrogens with one attached hydrogen (secondary N) is 1. The number of nitrogens with zero attached hydrogens (tertiary/aromatic N) is 2. The van der Waals surface area contributed by atoms with Gasteiger partial charge in [0.05, 0.1) is 0 Å². The Labute approximate surface area is 119 Å². The molecule has 2 aliphatic heterocycles. The average Bonchev–Trinajstić information content (AvgIpc) is 2.77. The van der Waals surface area contributed by atoms with Gasteiger partial charge in [0.2, 0.25) is 0 Å². The Morgan fingerprint density at radius 2 is 1.79 bits per heavy atom. The molecule has 3 atom stereocenters. The van der Waals surface area contributed by atoms with E-state index in [0.29, 0.717) is 0 Å². The fraction of sp³-hybridized carbons (Fsp3) is 1.00. The molecule has 1 N–H and O–H groups in total. The summed E-state index contributed by atoms with van der Waals surface area (Å²) in [4.78, 5) is 0. The lowest BCUT2D eigenvalue weighted by Crippen LogP contribution is -2.53. The van der Waals surface area contributed by atoms with Gasteiger partial charge in [0.1, 0.15) is 0 Å². The molecule has 3 nitrogen and oxygen atoms in total. The number of hydrogen-bond donors (Lipinski definition) is 1. The normalized spacial score (nSPS) is 34.3. The fourth-order valence-corrected chi connectivity index (χ4v) is 3.73. The maximum absolute atomic E-state index is 3.63. The molecule has 0 aromatic carbocycles. The van der Waals surface area contributed by atoms with Crippen LogP contribution in [0.1, 0.15) is 53.4 Å². The van der Waals surface area contributed by atoms with Gasteiger partial charge in [-0.15, -0.1) is 0 Å². The van der Waals surface area contributed by atoms with Gasteiger partial charge in [-0.1, -0.05) is 20.3 Å². The molecule has 2 aliphatic rings. The van der Waals surface area contributed by atoms with Gasteiger partial charge in [-0.05, 0) is 58.0 Å². The summed E-state index contributed by atoms with van der Waals surface area (Å²) in [6.07, 6.45) is 5.52. The SMILES string of the molecule is CC(C)CNCC1CCN(N2C(C)CCCC2C)C1. The molecule has 3 heteroatoms. The Morgan fingerprint density at radius 1 is 1.11 bits per heavy atom. The van der Waals surface area contributed by atoms with Crippen LogP contribution in [-0.2, 0) is 0 Å². The van der Waals surface area contributed by atoms with Gasteiger partial charge < -0.3 is 5.32 Å². The number of hydrogen-bond acceptors (Lipinski definition) is 3. The maximum Gasteiger partial charge on any atom is 0.0220 e. The first-order chi connectivity index (χ1) is 9.08. The van der Waals surface area contributed by atoms with E-state index in [2.05, 4.69) is 43.0 Å². The third-order valence-electron chi connectivity index (χ3n) is 4.72. The topological polar surface area (TPSA) is 18.5 Å². The minimum atomic E-state index is 0.742. The smallest absolute Gasteiger partial charge is 0.0220 e. The van der Waals surface area contributed by atoms with E-state index in [1.165, 1.54) is 45.3 Å². The fourth-order valence-electron chi connectivity index (χ4n) is 3.73. The third-order valence-corrected chi connectivity index (χ3v) is 4.72. The molecule has 0 amide bonds. The summed E-state index contributed by atoms with van der Waals surface area (Å²) >= 11 is 0. The van der Waals surface area contributed by atoms with Gasteiger partial charge in [0.25, 0.3) is 0 Å². The van der Waals surface area contributed by atoms with Gasteiger partial charge in [0, 0.05) is 25.2 Å². The van der Waals surface area contributed by atoms with E-state index in [4.69, 9.17) is 0 Å². The van der Waals surface area contributed by atoms with Crippen molar-refractivity contribution in [2.24, 2.45) is 11.8 Å². The first-order valence-corrected chi connectivity index (χ1v) is 8.31. The lowest BCUT2D eigenvalue weighted by Gasteiger charge is -2.44. The summed E-state index contributed by atoms with van der Waals surface area (Å²) < 4.78 is 0. The standard InChI is InChI=1S/C16H33N3/c1-13(2)10-17-11-16-8-9-18(12-16)19-14(3)6-5-7-15(19)4/h13-17H,5-12H2,1-4H3. The third kappa shape index (κ3) is 4.17. The van der Waals surface area contributed by atoms with Crippen molar-refractivity contribution in [3.8, 4) is 0 Å². The van der Waals surface area contributed by atoms with E-state index in [-0.39, 0.29) is 0 Å². The van der Waals surface area contributed by atoms with Crippen LogP contribution in [0, 0.1) is 11.8 Å². The summed E-state index contributed by atoms with van der Waals surface area (Å²) in [7, 11) is 0. The monoisotopic (exact) mass is 267 g/mol. The van der Waals surface area contributed by atoms with Crippen molar-refractivity contribution in [1.29, 1.82) is 0 Å². The van der Waals surface area contributed by atoms with Crippen molar-refractivity contribution in [3.63, 3.8) is 0 Å². The molecule has 0 bridgehead atoms. The number of hydrazine groups is 1. The molecule has 0 aromatic heterocycles. The zero-order chi connectivity index (χ0) is 13.8. The lowest BCUT2D eigenvalue weighted by atomic mass is 9.99. The van der Waals surface area contributed by atoms with Gasteiger partial charge in [-0.2, -0.15) is 0 Å². The zero-order valence-corrected chi connectivity index (χ0v) is 13.4. The molecular weight excluding hydrogens is 234 g/mol. The van der Waals surface area contributed by atoms with Crippen molar-refractivity contribution in [1.82, 2.24) is 15.3 Å². The highest BCUT2D eigenvalue weighted by atomic mass is 15.7. The molecule has 0 saturated carbocycles. The zero-order valence-electron chi connectivity index (χ0n) is 13.4. The number of rotatable bonds is 5. The first kappa shape index (κ1) is 15.3. The van der Waals surface area contributed by atoms with Crippen LogP contribution in [-0.4, -0.2) is 48.3 Å². The van der Waals surface area contributed by atoms with E-state index < -0.39 is 0 Å². The van der Waals surface area contributed by atoms with Crippen LogP contribution < -0.4 is 5.32 Å². The Morgan fingerprint density at radius 3 is 2.42 bits per heavy atom. The summed E-state index contributed by atoms with van der Waals surface area (Å²) in [6, 6.07) is 1.48. The van der Waals surface area contributed by atoms with Crippen molar-refractivity contribution in [3.05, 3.63) is 0 Å². The Hall–Kier alpha value is -0.120. The predicted octanol–water partition coefficient (Wildman–Crippen LogP) is 2.73. The highest BCUT2D eigenvalue weighted by Gasteiger charge is 2.33. The first-order valence-electron chi connectivity index (χ1n) is 8.31. The van der Waals surface area contributed by atoms with Crippen LogP contribution in [0.4, 0.5) is 0 Å². The molecule has 0 radical (unpaired) electrons. The second-order valence-corrected chi connectivity index (χ2v) is 7.13. The highest BCUT2D eigenvalue weighted by Crippen LogP contribution is 2.28. The van der Waals surface area contributed by atoms with Crippen LogP contribution in [0.3, 0.4) is 0 Å². The summed E-state index contributed by atoms with van der Waals surface area (Å²) in [6.45, 7) is 14.3. The molecule has 0 aromatic rings. The largest absolute Gasteiger partial charge is 0.316 e. The van der Waals surface area contributed by atoms with Crippen molar-refractivity contribution < 1.29 is 0 Å². The van der Waals surface area contributed by atoms with Gasteiger partial charge >= 0.3 is 0 Å². The van der Waals surface area contributed by atoms with Crippen LogP contribution in [0.5, 0.6) is 0 Å². The van der Waals surface area contributed by atoms with Crippen molar-refractivity contribution in [2.75, 3.05) is 26.2 Å². The van der Waals surface area contributed by atoms with E-state index in [0.717, 1.165) is 30.5 Å². The molecule has 2 heterocycles. The Bertz CT molecular complexity index is 257. The van der Waals surface area contributed by atoms with E-state index >= 15 is 0 Å². The molecule has 19 heavy (non-hydrogen) atoms. The highest BCUT2D eigenvalue weighted by molar-refractivity contribution is 4.83. The van der Waals surface area contributed by atoms with Gasteiger partial charge in [-0.3, -0.25) is 0 Å². The average molecular weight is 267 g/mol. The van der Waals surface area contributed by atoms with Crippen LogP contribution in [0.15, 0.2) is 0 Å². The van der Waals surface area contributed by atoms with E-state index in [1.807, 2.05) is 0 Å². The Balaban J connectivity index is 1.77. The van der Waals surface area contributed by atoms with Crippen LogP contribution in [0.25, 0.3) is 0 Å². The summed E-state index contributed by atoms with van der Waals surface area (Å²) in [5.41, 5.74) is 0. The Kier molecular flexibility index (Phi) is 5.67. The molecule has 112 valence electrons. The molecular formula is C16H33N3. The second kappa shape index (κ2) is 7.05. The maximum atomic E-state index is 3.63. The lowest BCUT2D eigenvalue weighted by molar-refractivity contribution is -0.0914. The molecule has 3 unspecified atom stereocenters. The van der Waals surface area contributed by atoms with E-state index in [1.54, 1.807) is 0 Å². The predicted molar refractivity (Wildman–Crippen MR) is 82.0 cm³/mol. The minimum Gasteiger partial charge on any atom is -0.316 e. The minimum absolute atomic E-state index is 0.742. The summed E-state index contributed by atoms with van der Waals surface area (Å²) in [5.74, 6) is 1.61. The van der Waals surface area contributed by atoms with Crippen LogP contribution in [0.2, 0.25) is 0 Å². The molecule has 2 rings (SSSR count). The molecule has 0 aliphatic carbocycles. The quantitative estimate of drug-likeness (QED) is 0.826. The van der Waals surface area contributed by atoms with Gasteiger partial charge in [-0.25, -0.2) is 10.0 Å². The second-order valence-electron chi connectivity index (χ2n) is 7.13. The van der Waals surface area contributed by atoms with Crippen LogP contribution >= 0.6 is 0 Å². The molecule has 2 fully saturated rings. The number of piperidine rings is 1. The van der Waals surface area contributed by atoms with Crippen molar-refractivity contribution in [2.45, 2.75) is 65.5 Å². The van der Waals surface area contributed by atoms with E-state index in [9.17, 15) is 0 Å². The van der Waals surface area contributed by atoms with Crippen molar-refractivity contribution >= 4 is 0 Å². The molecule has 2 saturated heterocycles. The molecule has 0 spiro atoms.